The van der Waals surface area contributed by atoms with Gasteiger partial charge in [0.1, 0.15) is 6.54 Å². The zero-order chi connectivity index (χ0) is 18.1. The van der Waals surface area contributed by atoms with E-state index in [1.165, 1.54) is 6.07 Å². The lowest BCUT2D eigenvalue weighted by molar-refractivity contribution is -0.142. The summed E-state index contributed by atoms with van der Waals surface area (Å²) >= 11 is 11.8. The second kappa shape index (κ2) is 7.18. The zero-order valence-electron chi connectivity index (χ0n) is 13.7. The van der Waals surface area contributed by atoms with Crippen LogP contribution in [0, 0.1) is 17.8 Å². The Morgan fingerprint density at radius 1 is 1.24 bits per heavy atom. The van der Waals surface area contributed by atoms with Gasteiger partial charge in [0, 0.05) is 5.69 Å². The van der Waals surface area contributed by atoms with Crippen molar-refractivity contribution < 1.29 is 14.4 Å². The molecule has 0 radical (unpaired) electrons. The van der Waals surface area contributed by atoms with Crippen molar-refractivity contribution in [3.05, 3.63) is 40.4 Å². The molecule has 0 aromatic heterocycles. The molecule has 1 fully saturated rings. The van der Waals surface area contributed by atoms with Gasteiger partial charge in [-0.2, -0.15) is 0 Å². The predicted molar refractivity (Wildman–Crippen MR) is 96.3 cm³/mol. The summed E-state index contributed by atoms with van der Waals surface area (Å²) in [4.78, 5) is 38.6. The molecule has 1 aliphatic carbocycles. The quantitative estimate of drug-likeness (QED) is 0.641. The van der Waals surface area contributed by atoms with Gasteiger partial charge in [0.15, 0.2) is 0 Å². The molecular weight excluding hydrogens is 363 g/mol. The van der Waals surface area contributed by atoms with E-state index in [1.807, 2.05) is 19.1 Å². The van der Waals surface area contributed by atoms with Crippen molar-refractivity contribution in [3.63, 3.8) is 0 Å². The Labute approximate surface area is 156 Å². The number of nitrogens with zero attached hydrogens (tertiary/aromatic N) is 1. The van der Waals surface area contributed by atoms with Gasteiger partial charge >= 0.3 is 0 Å². The number of nitrogens with one attached hydrogen (secondary N) is 1. The molecule has 1 aromatic carbocycles. The largest absolute Gasteiger partial charge is 0.324 e. The monoisotopic (exact) mass is 380 g/mol. The van der Waals surface area contributed by atoms with Gasteiger partial charge in [0.05, 0.1) is 21.9 Å². The zero-order valence-corrected chi connectivity index (χ0v) is 15.2. The lowest BCUT2D eigenvalue weighted by atomic mass is 9.76. The maximum Gasteiger partial charge on any atom is 0.244 e. The molecule has 1 N–H and O–H groups in total. The number of rotatable bonds is 4. The molecule has 3 amide bonds. The van der Waals surface area contributed by atoms with Gasteiger partial charge in [-0.05, 0) is 37.0 Å². The maximum absolute atomic E-state index is 12.7. The van der Waals surface area contributed by atoms with E-state index in [0.29, 0.717) is 22.2 Å². The molecule has 132 valence electrons. The number of halogens is 2. The Bertz CT molecular complexity index is 763. The average Bonchev–Trinajstić information content (AvgIpc) is 2.83. The highest BCUT2D eigenvalue weighted by Crippen LogP contribution is 2.39. The fourth-order valence-electron chi connectivity index (χ4n) is 3.53. The van der Waals surface area contributed by atoms with E-state index in [9.17, 15) is 14.4 Å². The fraction of sp³-hybridized carbons (Fsp3) is 0.389. The second-order valence-corrected chi connectivity index (χ2v) is 7.12. The first-order chi connectivity index (χ1) is 11.9. The van der Waals surface area contributed by atoms with Crippen molar-refractivity contribution in [2.45, 2.75) is 19.8 Å². The van der Waals surface area contributed by atoms with Crippen molar-refractivity contribution >= 4 is 46.6 Å². The van der Waals surface area contributed by atoms with Crippen LogP contribution in [0.2, 0.25) is 10.0 Å². The number of carbonyl (C=O) groups is 3. The number of anilines is 1. The van der Waals surface area contributed by atoms with Crippen LogP contribution in [0.4, 0.5) is 5.69 Å². The van der Waals surface area contributed by atoms with Crippen LogP contribution < -0.4 is 5.32 Å². The Hall–Kier alpha value is -1.85. The minimum atomic E-state index is -0.445. The van der Waals surface area contributed by atoms with Crippen molar-refractivity contribution in [3.8, 4) is 0 Å². The van der Waals surface area contributed by atoms with E-state index in [2.05, 4.69) is 5.32 Å². The van der Waals surface area contributed by atoms with E-state index in [-0.39, 0.29) is 36.1 Å². The molecule has 25 heavy (non-hydrogen) atoms. The van der Waals surface area contributed by atoms with E-state index in [4.69, 9.17) is 23.2 Å². The summed E-state index contributed by atoms with van der Waals surface area (Å²) in [6, 6.07) is 4.69. The molecule has 1 saturated heterocycles. The van der Waals surface area contributed by atoms with Gasteiger partial charge in [0.2, 0.25) is 17.7 Å². The van der Waals surface area contributed by atoms with Crippen molar-refractivity contribution in [2.75, 3.05) is 11.9 Å². The summed E-state index contributed by atoms with van der Waals surface area (Å²) in [5.74, 6) is -1.60. The lowest BCUT2D eigenvalue weighted by Crippen LogP contribution is -2.38. The molecule has 3 rings (SSSR count). The van der Waals surface area contributed by atoms with Crippen LogP contribution in [-0.2, 0) is 14.4 Å². The van der Waals surface area contributed by atoms with Gasteiger partial charge in [-0.3, -0.25) is 19.3 Å². The number of imide groups is 1. The molecule has 2 aliphatic rings. The van der Waals surface area contributed by atoms with Crippen LogP contribution in [0.1, 0.15) is 19.8 Å². The minimum Gasteiger partial charge on any atom is -0.324 e. The Morgan fingerprint density at radius 3 is 2.68 bits per heavy atom. The van der Waals surface area contributed by atoms with E-state index >= 15 is 0 Å². The van der Waals surface area contributed by atoms with Gasteiger partial charge in [-0.25, -0.2) is 0 Å². The summed E-state index contributed by atoms with van der Waals surface area (Å²) in [7, 11) is 0. The van der Waals surface area contributed by atoms with Gasteiger partial charge in [-0.1, -0.05) is 42.3 Å². The standard InChI is InChI=1S/C18H18Cl2N2O3/c1-2-10-4-3-5-12-16(10)18(25)22(17(12)24)9-15(23)21-11-6-7-13(19)14(20)8-11/h3-4,6-8,10,12,16H,2,5,9H2,1H3,(H,21,23)/t10-,12-,16+/m1/s1. The highest BCUT2D eigenvalue weighted by atomic mass is 35.5. The summed E-state index contributed by atoms with van der Waals surface area (Å²) in [5.41, 5.74) is 0.462. The molecule has 0 saturated carbocycles. The number of allylic oxidation sites excluding steroid dienone is 2. The number of benzene rings is 1. The SMILES string of the molecule is CC[C@@H]1C=CC[C@H]2C(=O)N(CC(=O)Nc3ccc(Cl)c(Cl)c3)C(=O)[C@@H]12. The molecule has 5 nitrogen and oxygen atoms in total. The first-order valence-electron chi connectivity index (χ1n) is 8.19. The first-order valence-corrected chi connectivity index (χ1v) is 8.94. The molecular formula is C18H18Cl2N2O3. The summed E-state index contributed by atoms with van der Waals surface area (Å²) in [6.45, 7) is 1.70. The third kappa shape index (κ3) is 3.44. The Balaban J connectivity index is 1.70. The number of likely N-dealkylation sites (tertiary alicyclic amines) is 1. The molecule has 1 aromatic rings. The number of amides is 3. The van der Waals surface area contributed by atoms with Gasteiger partial charge in [-0.15, -0.1) is 0 Å². The number of hydrogen-bond acceptors (Lipinski definition) is 3. The highest BCUT2D eigenvalue weighted by molar-refractivity contribution is 6.42. The summed E-state index contributed by atoms with van der Waals surface area (Å²) in [5, 5.41) is 3.34. The number of fused-ring (bicyclic) bond motifs is 1. The van der Waals surface area contributed by atoms with Gasteiger partial charge in [0.25, 0.3) is 0 Å². The molecule has 0 bridgehead atoms. The average molecular weight is 381 g/mol. The number of hydrogen-bond donors (Lipinski definition) is 1. The van der Waals surface area contributed by atoms with E-state index in [1.54, 1.807) is 12.1 Å². The first kappa shape index (κ1) is 18.0. The lowest BCUT2D eigenvalue weighted by Gasteiger charge is -2.24. The third-order valence-electron chi connectivity index (χ3n) is 4.78. The van der Waals surface area contributed by atoms with Crippen LogP contribution in [0.15, 0.2) is 30.4 Å². The van der Waals surface area contributed by atoms with Gasteiger partial charge < -0.3 is 5.32 Å². The van der Waals surface area contributed by atoms with Crippen molar-refractivity contribution in [1.29, 1.82) is 0 Å². The van der Waals surface area contributed by atoms with Crippen LogP contribution >= 0.6 is 23.2 Å². The van der Waals surface area contributed by atoms with Crippen molar-refractivity contribution in [1.82, 2.24) is 4.90 Å². The molecule has 0 unspecified atom stereocenters. The maximum atomic E-state index is 12.7. The molecule has 0 spiro atoms. The topological polar surface area (TPSA) is 66.5 Å². The van der Waals surface area contributed by atoms with Crippen molar-refractivity contribution in [2.24, 2.45) is 17.8 Å². The Kier molecular flexibility index (Phi) is 5.16. The van der Waals surface area contributed by atoms with Crippen LogP contribution in [0.25, 0.3) is 0 Å². The minimum absolute atomic E-state index is 0.0540. The van der Waals surface area contributed by atoms with E-state index < -0.39 is 5.91 Å². The molecule has 1 heterocycles. The second-order valence-electron chi connectivity index (χ2n) is 6.31. The Morgan fingerprint density at radius 2 is 2.00 bits per heavy atom. The summed E-state index contributed by atoms with van der Waals surface area (Å²) in [6.07, 6.45) is 5.31. The summed E-state index contributed by atoms with van der Waals surface area (Å²) < 4.78 is 0. The number of carbonyl (C=O) groups excluding carboxylic acids is 3. The third-order valence-corrected chi connectivity index (χ3v) is 5.52. The molecule has 1 aliphatic heterocycles. The predicted octanol–water partition coefficient (Wildman–Crippen LogP) is 3.52. The highest BCUT2D eigenvalue weighted by Gasteiger charge is 2.50. The molecule has 7 heteroatoms. The normalized spacial score (nSPS) is 25.2. The van der Waals surface area contributed by atoms with Crippen LogP contribution in [-0.4, -0.2) is 29.2 Å². The van der Waals surface area contributed by atoms with Crippen LogP contribution in [0.5, 0.6) is 0 Å². The fourth-order valence-corrected chi connectivity index (χ4v) is 3.83. The molecule has 3 atom stereocenters. The smallest absolute Gasteiger partial charge is 0.244 e. The van der Waals surface area contributed by atoms with Crippen LogP contribution in [0.3, 0.4) is 0 Å². The van der Waals surface area contributed by atoms with E-state index in [0.717, 1.165) is 11.3 Å².